The largest absolute Gasteiger partial charge is 0.465 e. The van der Waals surface area contributed by atoms with Gasteiger partial charge >= 0.3 is 6.09 Å². The van der Waals surface area contributed by atoms with E-state index in [9.17, 15) is 32.6 Å². The quantitative estimate of drug-likeness (QED) is 0.467. The Balaban J connectivity index is 1.95. The van der Waals surface area contributed by atoms with Gasteiger partial charge in [-0.15, -0.1) is 0 Å². The van der Waals surface area contributed by atoms with Crippen LogP contribution in [0.5, 0.6) is 0 Å². The van der Waals surface area contributed by atoms with Gasteiger partial charge in [0.15, 0.2) is 5.82 Å². The lowest BCUT2D eigenvalue weighted by Crippen LogP contribution is -2.42. The number of aliphatic hydroxyl groups excluding tert-OH is 1. The van der Waals surface area contributed by atoms with Gasteiger partial charge < -0.3 is 25.0 Å². The minimum Gasteiger partial charge on any atom is -0.465 e. The molecule has 2 aromatic rings. The number of rotatable bonds is 6. The summed E-state index contributed by atoms with van der Waals surface area (Å²) in [5.74, 6) is -3.28. The standard InChI is InChI=1S/C19H22F2N4O6S/c1-10-5-12(3-4-13(10)20)22-18(27)17-16(21)15(7-23(17)2)25(32(30)31)14-8-24(19(28)29)6-11(14)9-26/h3-5,7,11,14,26,32H,6,8-9H2,1-2H3,(H,22,27)(H,28,29)/t11-,14-/m0/s1. The molecule has 1 fully saturated rings. The Morgan fingerprint density at radius 2 is 1.97 bits per heavy atom. The van der Waals surface area contributed by atoms with Gasteiger partial charge in [0.05, 0.1) is 6.04 Å². The molecule has 0 bridgehead atoms. The van der Waals surface area contributed by atoms with Crippen molar-refractivity contribution in [3.8, 4) is 0 Å². The normalized spacial score (nSPS) is 18.2. The number of likely N-dealkylation sites (tertiary alicyclic amines) is 1. The molecule has 2 heterocycles. The Hall–Kier alpha value is -3.19. The summed E-state index contributed by atoms with van der Waals surface area (Å²) in [5, 5.41) is 21.3. The molecule has 0 saturated carbocycles. The summed E-state index contributed by atoms with van der Waals surface area (Å²) in [5.41, 5.74) is -0.433. The summed E-state index contributed by atoms with van der Waals surface area (Å²) in [7, 11) is -2.09. The van der Waals surface area contributed by atoms with Crippen LogP contribution < -0.4 is 9.62 Å². The number of carbonyl (C=O) groups excluding carboxylic acids is 1. The SMILES string of the molecule is Cc1cc(NC(=O)c2c(F)c(N([C@H]3CN(C(=O)O)C[C@H]3CO)[SH](=O)=O)cn2C)ccc1F. The molecule has 1 aromatic carbocycles. The minimum absolute atomic E-state index is 0.123. The zero-order chi connectivity index (χ0) is 23.7. The number of nitrogens with zero attached hydrogens (tertiary/aromatic N) is 3. The van der Waals surface area contributed by atoms with Crippen LogP contribution in [0.25, 0.3) is 0 Å². The van der Waals surface area contributed by atoms with E-state index in [4.69, 9.17) is 0 Å². The van der Waals surface area contributed by atoms with Crippen LogP contribution >= 0.6 is 0 Å². The molecule has 0 unspecified atom stereocenters. The number of aromatic nitrogens is 1. The lowest BCUT2D eigenvalue weighted by atomic mass is 10.1. The predicted octanol–water partition coefficient (Wildman–Crippen LogP) is 1.17. The van der Waals surface area contributed by atoms with E-state index in [-0.39, 0.29) is 24.3 Å². The fraction of sp³-hybridized carbons (Fsp3) is 0.368. The third kappa shape index (κ3) is 4.39. The van der Waals surface area contributed by atoms with Gasteiger partial charge in [0, 0.05) is 44.5 Å². The fourth-order valence-electron chi connectivity index (χ4n) is 3.77. The number of carbonyl (C=O) groups is 2. The maximum Gasteiger partial charge on any atom is 0.407 e. The Morgan fingerprint density at radius 3 is 2.53 bits per heavy atom. The van der Waals surface area contributed by atoms with Gasteiger partial charge in [-0.05, 0) is 30.7 Å². The van der Waals surface area contributed by atoms with Gasteiger partial charge in [-0.25, -0.2) is 22.0 Å². The molecular weight excluding hydrogens is 450 g/mol. The third-order valence-corrected chi connectivity index (χ3v) is 6.24. The topological polar surface area (TPSA) is 132 Å². The molecular formula is C19H22F2N4O6S. The van der Waals surface area contributed by atoms with E-state index in [1.165, 1.54) is 26.1 Å². The molecule has 174 valence electrons. The van der Waals surface area contributed by atoms with Crippen LogP contribution in [0.3, 0.4) is 0 Å². The summed E-state index contributed by atoms with van der Waals surface area (Å²) in [6.07, 6.45) is -0.196. The van der Waals surface area contributed by atoms with Crippen molar-refractivity contribution in [2.24, 2.45) is 13.0 Å². The van der Waals surface area contributed by atoms with Crippen LogP contribution in [-0.2, 0) is 17.9 Å². The number of thiol groups is 1. The van der Waals surface area contributed by atoms with E-state index in [1.807, 2.05) is 0 Å². The molecule has 0 aliphatic carbocycles. The van der Waals surface area contributed by atoms with E-state index in [0.29, 0.717) is 4.31 Å². The third-order valence-electron chi connectivity index (χ3n) is 5.38. The number of anilines is 2. The van der Waals surface area contributed by atoms with Crippen molar-refractivity contribution in [2.45, 2.75) is 13.0 Å². The molecule has 2 amide bonds. The van der Waals surface area contributed by atoms with Gasteiger partial charge in [-0.2, -0.15) is 0 Å². The van der Waals surface area contributed by atoms with Gasteiger partial charge in [-0.1, -0.05) is 0 Å². The summed E-state index contributed by atoms with van der Waals surface area (Å²) < 4.78 is 54.6. The van der Waals surface area contributed by atoms with Crippen molar-refractivity contribution in [1.82, 2.24) is 9.47 Å². The monoisotopic (exact) mass is 472 g/mol. The molecule has 1 aromatic heterocycles. The summed E-state index contributed by atoms with van der Waals surface area (Å²) >= 11 is 0. The van der Waals surface area contributed by atoms with E-state index in [2.05, 4.69) is 5.32 Å². The average Bonchev–Trinajstić information content (AvgIpc) is 3.26. The smallest absolute Gasteiger partial charge is 0.407 e. The highest BCUT2D eigenvalue weighted by molar-refractivity contribution is 7.74. The molecule has 2 atom stereocenters. The highest BCUT2D eigenvalue weighted by atomic mass is 32.2. The zero-order valence-corrected chi connectivity index (χ0v) is 18.1. The number of aliphatic hydroxyl groups is 1. The highest BCUT2D eigenvalue weighted by Crippen LogP contribution is 2.32. The Morgan fingerprint density at radius 1 is 1.28 bits per heavy atom. The second-order valence-corrected chi connectivity index (χ2v) is 8.39. The second kappa shape index (κ2) is 9.12. The van der Waals surface area contributed by atoms with Crippen LogP contribution in [0.4, 0.5) is 25.0 Å². The lowest BCUT2D eigenvalue weighted by Gasteiger charge is -2.27. The molecule has 1 saturated heterocycles. The van der Waals surface area contributed by atoms with Gasteiger partial charge in [-0.3, -0.25) is 9.10 Å². The van der Waals surface area contributed by atoms with E-state index < -0.39 is 64.5 Å². The van der Waals surface area contributed by atoms with Gasteiger partial charge in [0.2, 0.25) is 10.9 Å². The van der Waals surface area contributed by atoms with Crippen molar-refractivity contribution in [3.63, 3.8) is 0 Å². The first-order valence-corrected chi connectivity index (χ1v) is 10.6. The van der Waals surface area contributed by atoms with Gasteiger partial charge in [0.1, 0.15) is 17.2 Å². The predicted molar refractivity (Wildman–Crippen MR) is 111 cm³/mol. The number of aryl methyl sites for hydroxylation is 2. The van der Waals surface area contributed by atoms with Crippen LogP contribution in [0.15, 0.2) is 24.4 Å². The molecule has 0 radical (unpaired) electrons. The van der Waals surface area contributed by atoms with Gasteiger partial charge in [0.25, 0.3) is 5.91 Å². The number of carboxylic acid groups (broad SMARTS) is 1. The first-order valence-electron chi connectivity index (χ1n) is 9.49. The molecule has 1 aliphatic rings. The Bertz CT molecular complexity index is 1130. The average molecular weight is 472 g/mol. The molecule has 1 aliphatic heterocycles. The highest BCUT2D eigenvalue weighted by Gasteiger charge is 2.41. The number of hydrogen-bond donors (Lipinski definition) is 4. The van der Waals surface area contributed by atoms with Crippen molar-refractivity contribution in [3.05, 3.63) is 47.3 Å². The fourth-order valence-corrected chi connectivity index (χ4v) is 4.59. The number of amides is 2. The zero-order valence-electron chi connectivity index (χ0n) is 17.2. The maximum absolute atomic E-state index is 15.3. The van der Waals surface area contributed by atoms with E-state index in [1.54, 1.807) is 0 Å². The van der Waals surface area contributed by atoms with Crippen molar-refractivity contribution in [2.75, 3.05) is 29.3 Å². The van der Waals surface area contributed by atoms with Crippen LogP contribution in [0, 0.1) is 24.5 Å². The Labute approximate surface area is 183 Å². The minimum atomic E-state index is -3.44. The number of nitrogens with one attached hydrogen (secondary N) is 1. The van der Waals surface area contributed by atoms with Crippen molar-refractivity contribution in [1.29, 1.82) is 0 Å². The van der Waals surface area contributed by atoms with Crippen LogP contribution in [0.2, 0.25) is 0 Å². The molecule has 13 heteroatoms. The molecule has 0 spiro atoms. The second-order valence-electron chi connectivity index (χ2n) is 7.49. The number of hydrogen-bond acceptors (Lipinski definition) is 5. The number of halogens is 2. The van der Waals surface area contributed by atoms with Crippen LogP contribution in [-0.4, -0.2) is 65.8 Å². The molecule has 3 N–H and O–H groups in total. The number of benzene rings is 1. The first kappa shape index (κ1) is 23.5. The van der Waals surface area contributed by atoms with Crippen molar-refractivity contribution >= 4 is 34.3 Å². The summed E-state index contributed by atoms with van der Waals surface area (Å²) in [4.78, 5) is 24.9. The summed E-state index contributed by atoms with van der Waals surface area (Å²) in [6.45, 7) is 0.588. The van der Waals surface area contributed by atoms with E-state index in [0.717, 1.165) is 21.7 Å². The maximum atomic E-state index is 15.3. The molecule has 3 rings (SSSR count). The Kier molecular flexibility index (Phi) is 6.69. The molecule has 32 heavy (non-hydrogen) atoms. The lowest BCUT2D eigenvalue weighted by molar-refractivity contribution is 0.101. The van der Waals surface area contributed by atoms with Crippen LogP contribution in [0.1, 0.15) is 16.1 Å². The van der Waals surface area contributed by atoms with Crippen molar-refractivity contribution < 1.29 is 37.0 Å². The molecule has 10 nitrogen and oxygen atoms in total. The first-order chi connectivity index (χ1) is 15.0. The summed E-state index contributed by atoms with van der Waals surface area (Å²) in [6, 6.07) is 2.75. The van der Waals surface area contributed by atoms with E-state index >= 15 is 4.39 Å².